The van der Waals surface area contributed by atoms with Crippen LogP contribution in [-0.2, 0) is 17.5 Å². The van der Waals surface area contributed by atoms with Gasteiger partial charge in [-0.1, -0.05) is 0 Å². The molecule has 0 amide bonds. The Balaban J connectivity index is 0.00000456. The minimum atomic E-state index is -4.85. The Kier molecular flexibility index (Phi) is 10.5. The average molecular weight is 518 g/mol. The first kappa shape index (κ1) is 29.8. The number of imidazole rings is 1. The van der Waals surface area contributed by atoms with Crippen molar-refractivity contribution in [1.82, 2.24) is 9.55 Å². The van der Waals surface area contributed by atoms with Crippen LogP contribution in [0.15, 0.2) is 48.5 Å². The molecule has 0 bridgehead atoms. The van der Waals surface area contributed by atoms with Gasteiger partial charge in [-0.3, -0.25) is 0 Å². The summed E-state index contributed by atoms with van der Waals surface area (Å²) in [6, 6.07) is 11.1. The number of carboxylic acid groups (broad SMARTS) is 1. The molecule has 3 aromatic rings. The molecule has 0 radical (unpaired) electrons. The number of aliphatic hydroxyl groups excluding tert-OH is 2. The van der Waals surface area contributed by atoms with Gasteiger partial charge in [-0.05, 0) is 61.4 Å². The molecule has 3 rings (SSSR count). The summed E-state index contributed by atoms with van der Waals surface area (Å²) >= 11 is 0. The van der Waals surface area contributed by atoms with E-state index in [0.717, 1.165) is 16.7 Å². The Morgan fingerprint density at radius 1 is 1.06 bits per heavy atom. The number of methoxy groups -OCH3 is 1. The molecule has 1 heterocycles. The van der Waals surface area contributed by atoms with Crippen LogP contribution in [0.4, 0.5) is 17.6 Å². The summed E-state index contributed by atoms with van der Waals surface area (Å²) < 4.78 is 61.5. The number of rotatable bonds is 10. The van der Waals surface area contributed by atoms with Crippen LogP contribution in [0.1, 0.15) is 25.1 Å². The second kappa shape index (κ2) is 12.7. The van der Waals surface area contributed by atoms with E-state index in [1.165, 1.54) is 19.2 Å². The van der Waals surface area contributed by atoms with Crippen LogP contribution in [0.5, 0.6) is 5.75 Å². The van der Waals surface area contributed by atoms with Crippen LogP contribution in [0.25, 0.3) is 22.5 Å². The number of ether oxygens (including phenoxy) is 1. The molecule has 0 saturated carbocycles. The van der Waals surface area contributed by atoms with Crippen molar-refractivity contribution in [3.05, 3.63) is 60.2 Å². The monoisotopic (exact) mass is 518 g/mol. The zero-order valence-corrected chi connectivity index (χ0v) is 21.6. The average Bonchev–Trinajstić information content (AvgIpc) is 3.17. The maximum atomic E-state index is 14.0. The second-order valence-corrected chi connectivity index (χ2v) is 7.93. The summed E-state index contributed by atoms with van der Waals surface area (Å²) in [7, 11) is 1.45. The van der Waals surface area contributed by atoms with Gasteiger partial charge in [-0.15, -0.1) is 0 Å². The summed E-state index contributed by atoms with van der Waals surface area (Å²) in [5.41, 5.74) is 0.689. The number of carbonyl (C=O) groups excluding carboxylic acids is 1. The van der Waals surface area contributed by atoms with E-state index in [0.29, 0.717) is 11.3 Å². The predicted octanol–water partition coefficient (Wildman–Crippen LogP) is 0.0296. The molecule has 2 aromatic carbocycles. The molecule has 12 heteroatoms. The molecule has 188 valence electrons. The summed E-state index contributed by atoms with van der Waals surface area (Å²) in [5, 5.41) is 30.5. The van der Waals surface area contributed by atoms with E-state index in [1.807, 2.05) is 0 Å². The SMILES string of the molecule is COc1ccc(-c2nc(C(F)(F)F)n(CC[C@@H](O)C[C@@H](O)CC(=O)[O-])c2-c2ccc(F)cc2)cc1.[Na+]. The number of benzene rings is 2. The normalized spacial score (nSPS) is 13.1. The fourth-order valence-electron chi connectivity index (χ4n) is 3.72. The molecule has 0 fully saturated rings. The molecule has 36 heavy (non-hydrogen) atoms. The zero-order chi connectivity index (χ0) is 25.8. The Morgan fingerprint density at radius 2 is 1.64 bits per heavy atom. The summed E-state index contributed by atoms with van der Waals surface area (Å²) in [5.74, 6) is -2.81. The molecular formula is C24H23F4N2NaO5. The molecule has 2 N–H and O–H groups in total. The Morgan fingerprint density at radius 3 is 2.17 bits per heavy atom. The van der Waals surface area contributed by atoms with Crippen molar-refractivity contribution in [3.63, 3.8) is 0 Å². The fourth-order valence-corrected chi connectivity index (χ4v) is 3.72. The molecule has 1 aromatic heterocycles. The number of aromatic nitrogens is 2. The van der Waals surface area contributed by atoms with Gasteiger partial charge < -0.3 is 29.4 Å². The largest absolute Gasteiger partial charge is 1.00 e. The summed E-state index contributed by atoms with van der Waals surface area (Å²) in [6.45, 7) is -0.357. The number of nitrogens with zero attached hydrogens (tertiary/aromatic N) is 2. The van der Waals surface area contributed by atoms with Crippen LogP contribution in [-0.4, -0.2) is 45.1 Å². The van der Waals surface area contributed by atoms with Crippen molar-refractivity contribution in [2.45, 2.75) is 44.2 Å². The first-order valence-corrected chi connectivity index (χ1v) is 10.6. The van der Waals surface area contributed by atoms with Crippen molar-refractivity contribution < 1.29 is 72.0 Å². The van der Waals surface area contributed by atoms with E-state index in [-0.39, 0.29) is 65.9 Å². The van der Waals surface area contributed by atoms with E-state index in [4.69, 9.17) is 4.74 Å². The summed E-state index contributed by atoms with van der Waals surface area (Å²) in [4.78, 5) is 14.5. The molecular weight excluding hydrogens is 495 g/mol. The van der Waals surface area contributed by atoms with Crippen LogP contribution in [0, 0.1) is 5.82 Å². The van der Waals surface area contributed by atoms with E-state index < -0.39 is 42.4 Å². The van der Waals surface area contributed by atoms with Gasteiger partial charge >= 0.3 is 35.7 Å². The van der Waals surface area contributed by atoms with Gasteiger partial charge in [0.15, 0.2) is 0 Å². The molecule has 0 aliphatic heterocycles. The summed E-state index contributed by atoms with van der Waals surface area (Å²) in [6.07, 6.45) is -8.86. The molecule has 2 atom stereocenters. The van der Waals surface area contributed by atoms with Gasteiger partial charge in [0, 0.05) is 30.1 Å². The first-order valence-electron chi connectivity index (χ1n) is 10.6. The van der Waals surface area contributed by atoms with E-state index in [9.17, 15) is 37.7 Å². The van der Waals surface area contributed by atoms with Gasteiger partial charge in [0.2, 0.25) is 5.82 Å². The van der Waals surface area contributed by atoms with Crippen LogP contribution in [0.2, 0.25) is 0 Å². The Hall–Kier alpha value is -2.44. The number of carbonyl (C=O) groups is 1. The Labute approximate surface area is 226 Å². The van der Waals surface area contributed by atoms with E-state index in [1.54, 1.807) is 24.3 Å². The number of aliphatic hydroxyl groups is 2. The maximum absolute atomic E-state index is 14.0. The smallest absolute Gasteiger partial charge is 0.550 e. The maximum Gasteiger partial charge on any atom is 1.00 e. The standard InChI is InChI=1S/C24H24F4N2O5.Na/c1-35-19-8-4-14(5-9-19)21-22(15-2-6-16(25)7-3-15)30(23(29-21)24(26,27)28)11-10-17(31)12-18(32)13-20(33)34;/h2-9,17-18,31-32H,10-13H2,1H3,(H,33,34);/q;+1/p-1/t17-,18-;/m1./s1. The fraction of sp³-hybridized carbons (Fsp3) is 0.333. The number of alkyl halides is 3. The third kappa shape index (κ3) is 7.53. The van der Waals surface area contributed by atoms with Gasteiger partial charge in [0.1, 0.15) is 11.6 Å². The molecule has 0 spiro atoms. The van der Waals surface area contributed by atoms with Gasteiger partial charge in [-0.2, -0.15) is 13.2 Å². The molecule has 0 unspecified atom stereocenters. The first-order chi connectivity index (χ1) is 16.5. The van der Waals surface area contributed by atoms with Crippen LogP contribution >= 0.6 is 0 Å². The van der Waals surface area contributed by atoms with E-state index in [2.05, 4.69) is 4.98 Å². The van der Waals surface area contributed by atoms with Crippen molar-refractivity contribution in [2.24, 2.45) is 0 Å². The van der Waals surface area contributed by atoms with Gasteiger partial charge in [0.25, 0.3) is 0 Å². The van der Waals surface area contributed by atoms with E-state index >= 15 is 0 Å². The number of aliphatic carboxylic acids is 1. The second-order valence-electron chi connectivity index (χ2n) is 7.93. The molecule has 0 aliphatic carbocycles. The Bertz CT molecular complexity index is 1150. The van der Waals surface area contributed by atoms with Gasteiger partial charge in [-0.25, -0.2) is 9.37 Å². The van der Waals surface area contributed by atoms with Gasteiger partial charge in [0.05, 0.1) is 30.7 Å². The minimum Gasteiger partial charge on any atom is -0.550 e. The predicted molar refractivity (Wildman–Crippen MR) is 115 cm³/mol. The number of hydrogen-bond donors (Lipinski definition) is 2. The third-order valence-corrected chi connectivity index (χ3v) is 5.33. The van der Waals surface area contributed by atoms with Crippen molar-refractivity contribution in [2.75, 3.05) is 7.11 Å². The van der Waals surface area contributed by atoms with Crippen LogP contribution < -0.4 is 39.4 Å². The molecule has 0 saturated heterocycles. The number of halogens is 4. The minimum absolute atomic E-state index is 0. The quantitative estimate of drug-likeness (QED) is 0.290. The molecule has 0 aliphatic rings. The number of hydrogen-bond acceptors (Lipinski definition) is 6. The zero-order valence-electron chi connectivity index (χ0n) is 19.6. The topological polar surface area (TPSA) is 108 Å². The third-order valence-electron chi connectivity index (χ3n) is 5.33. The number of carboxylic acids is 1. The van der Waals surface area contributed by atoms with Crippen molar-refractivity contribution >= 4 is 5.97 Å². The van der Waals surface area contributed by atoms with Crippen molar-refractivity contribution in [3.8, 4) is 28.3 Å². The van der Waals surface area contributed by atoms with Crippen LogP contribution in [0.3, 0.4) is 0 Å². The molecule has 7 nitrogen and oxygen atoms in total. The van der Waals surface area contributed by atoms with Crippen molar-refractivity contribution in [1.29, 1.82) is 0 Å².